The number of anilines is 6. The summed E-state index contributed by atoms with van der Waals surface area (Å²) in [5.41, 5.74) is 25.4. The highest BCUT2D eigenvalue weighted by atomic mass is 15.2. The van der Waals surface area contributed by atoms with Crippen LogP contribution < -0.4 is 26.2 Å². The second-order valence-electron chi connectivity index (χ2n) is 23.3. The summed E-state index contributed by atoms with van der Waals surface area (Å²) in [7, 11) is 0. The summed E-state index contributed by atoms with van der Waals surface area (Å²) in [4.78, 5) is 31.6. The van der Waals surface area contributed by atoms with Crippen LogP contribution in [0.2, 0.25) is 0 Å². The Morgan fingerprint density at radius 2 is 0.722 bits per heavy atom. The summed E-state index contributed by atoms with van der Waals surface area (Å²) in [5, 5.41) is 2.38. The van der Waals surface area contributed by atoms with Crippen LogP contribution in [0.25, 0.3) is 107 Å². The largest absolute Gasteiger partial charge is 0.311 e. The van der Waals surface area contributed by atoms with Gasteiger partial charge in [0.2, 0.25) is 0 Å². The van der Waals surface area contributed by atoms with Gasteiger partial charge in [-0.15, -0.1) is 0 Å². The monoisotopic (exact) mass is 1150 g/mol. The molecule has 2 aliphatic rings. The van der Waals surface area contributed by atoms with Crippen molar-refractivity contribution in [3.63, 3.8) is 0 Å². The zero-order chi connectivity index (χ0) is 59.8. The molecule has 0 spiro atoms. The molecule has 0 saturated carbocycles. The Morgan fingerprint density at radius 3 is 1.30 bits per heavy atom. The average molecular weight is 1150 g/mol. The molecule has 0 N–H and O–H groups in total. The second kappa shape index (κ2) is 21.6. The van der Waals surface area contributed by atoms with Crippen LogP contribution in [0.4, 0.5) is 34.1 Å². The zero-order valence-corrected chi connectivity index (χ0v) is 49.4. The highest BCUT2D eigenvalue weighted by Gasteiger charge is 2.44. The van der Waals surface area contributed by atoms with Gasteiger partial charge in [-0.2, -0.15) is 0 Å². The smallest absolute Gasteiger partial charge is 0.252 e. The van der Waals surface area contributed by atoms with E-state index in [0.29, 0.717) is 23.3 Å². The number of fused-ring (bicyclic) bond motifs is 7. The fourth-order valence-electron chi connectivity index (χ4n) is 13.6. The molecule has 0 aliphatic carbocycles. The van der Waals surface area contributed by atoms with Crippen molar-refractivity contribution in [2.75, 3.05) is 9.80 Å². The van der Waals surface area contributed by atoms with Crippen molar-refractivity contribution in [2.45, 2.75) is 13.8 Å². The van der Waals surface area contributed by atoms with E-state index in [1.54, 1.807) is 0 Å². The minimum Gasteiger partial charge on any atom is -0.311 e. The molecule has 0 saturated heterocycles. The minimum absolute atomic E-state index is 0.0183. The van der Waals surface area contributed by atoms with Crippen molar-refractivity contribution in [3.05, 3.63) is 308 Å². The number of aromatic nitrogens is 6. The number of rotatable bonds is 10. The van der Waals surface area contributed by atoms with Crippen molar-refractivity contribution in [1.29, 1.82) is 0 Å². The summed E-state index contributed by atoms with van der Waals surface area (Å²) in [6, 6.07) is 106. The maximum atomic E-state index is 5.68. The molecule has 0 atom stereocenters. The summed E-state index contributed by atoms with van der Waals surface area (Å²) in [6.07, 6.45) is 0. The van der Waals surface area contributed by atoms with Crippen LogP contribution >= 0.6 is 0 Å². The van der Waals surface area contributed by atoms with Crippen molar-refractivity contribution in [3.8, 4) is 84.9 Å². The third-order valence-electron chi connectivity index (χ3n) is 17.8. The van der Waals surface area contributed by atoms with Gasteiger partial charge < -0.3 is 14.4 Å². The van der Waals surface area contributed by atoms with Crippen LogP contribution in [0.1, 0.15) is 11.1 Å². The molecule has 0 unspecified atom stereocenters. The molecule has 17 rings (SSSR count). The Bertz CT molecular complexity index is 5140. The van der Waals surface area contributed by atoms with Gasteiger partial charge in [0.15, 0.2) is 23.3 Å². The number of para-hydroxylation sites is 4. The van der Waals surface area contributed by atoms with Gasteiger partial charge in [-0.25, -0.2) is 24.9 Å². The molecule has 8 nitrogen and oxygen atoms in total. The van der Waals surface area contributed by atoms with Crippen LogP contribution in [0.5, 0.6) is 0 Å². The van der Waals surface area contributed by atoms with Crippen molar-refractivity contribution < 1.29 is 0 Å². The molecule has 0 radical (unpaired) electrons. The summed E-state index contributed by atoms with van der Waals surface area (Å²) in [5.74, 6) is 2.33. The standard InChI is InChI=1S/C81H55BN8/c1-52-36-44-70-63(48-52)64-49-53(2)37-45-71(64)90(70)72-46-42-59(81-86-79(56-24-10-4-11-25-56)85-80(87-81)57-26-12-5-13-27-57)50-65(72)69-51-68(55-22-8-3-9-23-55)83-78(84-69)58-40-38-54(39-41-58)62-43-47-75-76-77(62)89(61-30-16-7-17-31-61)74-35-21-19-33-67(74)82(76)66-32-18-20-34-73(66)88(75)60-28-14-6-15-29-60/h3-51H,1-2H3. The Labute approximate surface area is 522 Å². The fourth-order valence-corrected chi connectivity index (χ4v) is 13.6. The first-order valence-electron chi connectivity index (χ1n) is 30.6. The molecule has 422 valence electrons. The van der Waals surface area contributed by atoms with Crippen LogP contribution in [0.3, 0.4) is 0 Å². The molecule has 3 aromatic heterocycles. The van der Waals surface area contributed by atoms with Crippen LogP contribution in [0, 0.1) is 13.8 Å². The number of nitrogens with zero attached hydrogens (tertiary/aromatic N) is 8. The molecule has 12 aromatic carbocycles. The quantitative estimate of drug-likeness (QED) is 0.126. The van der Waals surface area contributed by atoms with E-state index in [0.717, 1.165) is 101 Å². The first-order valence-corrected chi connectivity index (χ1v) is 30.6. The summed E-state index contributed by atoms with van der Waals surface area (Å²) in [6.45, 7) is 4.31. The highest BCUT2D eigenvalue weighted by molar-refractivity contribution is 7.00. The van der Waals surface area contributed by atoms with E-state index >= 15 is 0 Å². The topological polar surface area (TPSA) is 75.9 Å². The molecule has 2 aliphatic heterocycles. The number of aryl methyl sites for hydroxylation is 2. The normalized spacial score (nSPS) is 12.3. The van der Waals surface area contributed by atoms with Crippen molar-refractivity contribution in [1.82, 2.24) is 29.5 Å². The predicted octanol–water partition coefficient (Wildman–Crippen LogP) is 18.1. The fraction of sp³-hybridized carbons (Fsp3) is 0.0247. The first kappa shape index (κ1) is 52.5. The van der Waals surface area contributed by atoms with E-state index < -0.39 is 0 Å². The lowest BCUT2D eigenvalue weighted by Gasteiger charge is -2.45. The third kappa shape index (κ3) is 8.89. The lowest BCUT2D eigenvalue weighted by molar-refractivity contribution is 1.07. The Balaban J connectivity index is 0.873. The first-order chi connectivity index (χ1) is 44.5. The summed E-state index contributed by atoms with van der Waals surface area (Å²) < 4.78 is 2.39. The van der Waals surface area contributed by atoms with Gasteiger partial charge >= 0.3 is 0 Å². The molecular weight excluding hydrogens is 1100 g/mol. The van der Waals surface area contributed by atoms with Crippen LogP contribution in [-0.4, -0.2) is 36.2 Å². The molecular formula is C81H55BN8. The maximum absolute atomic E-state index is 5.68. The third-order valence-corrected chi connectivity index (χ3v) is 17.8. The van der Waals surface area contributed by atoms with Gasteiger partial charge in [0.05, 0.1) is 33.8 Å². The van der Waals surface area contributed by atoms with Gasteiger partial charge in [0.25, 0.3) is 6.71 Å². The molecule has 0 fully saturated rings. The number of benzene rings is 12. The minimum atomic E-state index is -0.0183. The van der Waals surface area contributed by atoms with Gasteiger partial charge in [-0.05, 0) is 127 Å². The lowest BCUT2D eigenvalue weighted by atomic mass is 9.33. The molecule has 15 aromatic rings. The van der Waals surface area contributed by atoms with Crippen molar-refractivity contribution >= 4 is 79.0 Å². The molecule has 0 amide bonds. The Hall–Kier alpha value is -11.8. The van der Waals surface area contributed by atoms with Gasteiger partial charge in [0, 0.05) is 78.2 Å². The van der Waals surface area contributed by atoms with E-state index in [-0.39, 0.29) is 6.71 Å². The molecule has 90 heavy (non-hydrogen) atoms. The van der Waals surface area contributed by atoms with E-state index in [1.807, 2.05) is 66.7 Å². The molecule has 0 bridgehead atoms. The molecule has 9 heteroatoms. The number of hydrogen-bond donors (Lipinski definition) is 0. The van der Waals surface area contributed by atoms with E-state index in [9.17, 15) is 0 Å². The van der Waals surface area contributed by atoms with Crippen molar-refractivity contribution in [2.24, 2.45) is 0 Å². The summed E-state index contributed by atoms with van der Waals surface area (Å²) >= 11 is 0. The SMILES string of the molecule is Cc1ccc2c(c1)c1cc(C)ccc1n2-c1ccc(-c2nc(-c3ccccc3)nc(-c3ccccc3)n2)cc1-c1cc(-c2ccccc2)nc(-c2ccc(-c3ccc4c5c3N(c3ccccc3)c3ccccc3B5c3ccccc3N4c3ccccc3)cc2)n1. The van der Waals surface area contributed by atoms with E-state index in [2.05, 4.69) is 259 Å². The van der Waals surface area contributed by atoms with Gasteiger partial charge in [0.1, 0.15) is 0 Å². The number of hydrogen-bond acceptors (Lipinski definition) is 7. The van der Waals surface area contributed by atoms with E-state index in [4.69, 9.17) is 24.9 Å². The Morgan fingerprint density at radius 1 is 0.289 bits per heavy atom. The zero-order valence-electron chi connectivity index (χ0n) is 49.4. The second-order valence-corrected chi connectivity index (χ2v) is 23.3. The highest BCUT2D eigenvalue weighted by Crippen LogP contribution is 2.48. The van der Waals surface area contributed by atoms with Gasteiger partial charge in [-0.3, -0.25) is 0 Å². The lowest BCUT2D eigenvalue weighted by Crippen LogP contribution is -2.61. The van der Waals surface area contributed by atoms with Crippen LogP contribution in [0.15, 0.2) is 297 Å². The average Bonchev–Trinajstić information content (AvgIpc) is 0.841. The predicted molar refractivity (Wildman–Crippen MR) is 371 cm³/mol. The van der Waals surface area contributed by atoms with Crippen LogP contribution in [-0.2, 0) is 0 Å². The van der Waals surface area contributed by atoms with E-state index in [1.165, 1.54) is 44.0 Å². The van der Waals surface area contributed by atoms with Gasteiger partial charge in [-0.1, -0.05) is 217 Å². The maximum Gasteiger partial charge on any atom is 0.252 e. The Kier molecular flexibility index (Phi) is 12.6. The molecule has 5 heterocycles.